The highest BCUT2D eigenvalue weighted by Gasteiger charge is 2.23. The minimum atomic E-state index is -0.608. The number of nitrogens with zero attached hydrogens (tertiary/aromatic N) is 2. The van der Waals surface area contributed by atoms with Gasteiger partial charge in [0.25, 0.3) is 5.69 Å². The van der Waals surface area contributed by atoms with Crippen LogP contribution in [0.15, 0.2) is 16.6 Å². The summed E-state index contributed by atoms with van der Waals surface area (Å²) in [5.41, 5.74) is -0.135. The van der Waals surface area contributed by atoms with E-state index < -0.39 is 22.6 Å². The van der Waals surface area contributed by atoms with Crippen molar-refractivity contribution in [3.8, 4) is 0 Å². The van der Waals surface area contributed by atoms with Gasteiger partial charge in [-0.15, -0.1) is 0 Å². The molecule has 0 heterocycles. The van der Waals surface area contributed by atoms with Gasteiger partial charge in [-0.1, -0.05) is 6.92 Å². The summed E-state index contributed by atoms with van der Waals surface area (Å²) < 4.78 is 18.2. The van der Waals surface area contributed by atoms with Crippen LogP contribution in [-0.4, -0.2) is 31.6 Å². The van der Waals surface area contributed by atoms with Crippen LogP contribution in [0.5, 0.6) is 0 Å². The van der Waals surface area contributed by atoms with Gasteiger partial charge in [0.1, 0.15) is 11.5 Å². The monoisotopic (exact) mass is 348 g/mol. The first kappa shape index (κ1) is 16.4. The predicted octanol–water partition coefficient (Wildman–Crippen LogP) is 2.74. The van der Waals surface area contributed by atoms with E-state index in [1.54, 1.807) is 14.0 Å². The smallest absolute Gasteiger partial charge is 0.310 e. The normalized spacial score (nSPS) is 11.8. The van der Waals surface area contributed by atoms with Crippen molar-refractivity contribution in [2.45, 2.75) is 6.92 Å². The predicted molar refractivity (Wildman–Crippen MR) is 75.2 cm³/mol. The van der Waals surface area contributed by atoms with Gasteiger partial charge in [-0.3, -0.25) is 14.9 Å². The zero-order valence-corrected chi connectivity index (χ0v) is 12.8. The van der Waals surface area contributed by atoms with Crippen LogP contribution in [0.4, 0.5) is 15.8 Å². The molecule has 1 atom stereocenters. The third-order valence-electron chi connectivity index (χ3n) is 2.78. The SMILES string of the molecule is COC(=O)C(C)CN(C)c1cc(F)c(Br)cc1[N+](=O)[O-]. The number of carbonyl (C=O) groups excluding carboxylic acids is 1. The van der Waals surface area contributed by atoms with Crippen LogP contribution in [0.2, 0.25) is 0 Å². The number of carbonyl (C=O) groups is 1. The lowest BCUT2D eigenvalue weighted by Crippen LogP contribution is -2.29. The van der Waals surface area contributed by atoms with Gasteiger partial charge < -0.3 is 9.64 Å². The zero-order valence-electron chi connectivity index (χ0n) is 11.2. The molecule has 0 bridgehead atoms. The molecule has 0 fully saturated rings. The van der Waals surface area contributed by atoms with Gasteiger partial charge in [0, 0.05) is 25.7 Å². The highest BCUT2D eigenvalue weighted by molar-refractivity contribution is 9.10. The fraction of sp³-hybridized carbons (Fsp3) is 0.417. The number of ether oxygens (including phenoxy) is 1. The summed E-state index contributed by atoms with van der Waals surface area (Å²) in [7, 11) is 2.82. The van der Waals surface area contributed by atoms with E-state index in [9.17, 15) is 19.3 Å². The molecule has 1 unspecified atom stereocenters. The Hall–Kier alpha value is -1.70. The third kappa shape index (κ3) is 3.66. The fourth-order valence-electron chi connectivity index (χ4n) is 1.76. The second-order valence-corrected chi connectivity index (χ2v) is 5.17. The van der Waals surface area contributed by atoms with Crippen molar-refractivity contribution in [1.82, 2.24) is 0 Å². The maximum absolute atomic E-state index is 13.6. The van der Waals surface area contributed by atoms with Gasteiger partial charge in [0.15, 0.2) is 0 Å². The average Bonchev–Trinajstić information content (AvgIpc) is 2.39. The Kier molecular flexibility index (Phi) is 5.43. The summed E-state index contributed by atoms with van der Waals surface area (Å²) in [4.78, 5) is 23.2. The second-order valence-electron chi connectivity index (χ2n) is 4.32. The summed E-state index contributed by atoms with van der Waals surface area (Å²) in [6.07, 6.45) is 0. The number of halogens is 2. The number of anilines is 1. The highest BCUT2D eigenvalue weighted by atomic mass is 79.9. The Bertz CT molecular complexity index is 538. The van der Waals surface area contributed by atoms with Crippen LogP contribution in [0.3, 0.4) is 0 Å². The largest absolute Gasteiger partial charge is 0.469 e. The number of nitro benzene ring substituents is 1. The maximum Gasteiger partial charge on any atom is 0.310 e. The maximum atomic E-state index is 13.6. The van der Waals surface area contributed by atoms with Crippen molar-refractivity contribution in [3.05, 3.63) is 32.5 Å². The standard InChI is InChI=1S/C12H14BrFN2O4/c1-7(12(17)20-3)6-15(2)10-5-9(14)8(13)4-11(10)16(18)19/h4-5,7H,6H2,1-3H3. The molecule has 0 aliphatic rings. The van der Waals surface area contributed by atoms with Crippen molar-refractivity contribution >= 4 is 33.3 Å². The molecule has 0 aliphatic heterocycles. The zero-order chi connectivity index (χ0) is 15.4. The van der Waals surface area contributed by atoms with Crippen molar-refractivity contribution < 1.29 is 18.8 Å². The first-order valence-corrected chi connectivity index (χ1v) is 6.49. The lowest BCUT2D eigenvalue weighted by molar-refractivity contribution is -0.384. The van der Waals surface area contributed by atoms with E-state index in [0.717, 1.165) is 12.1 Å². The van der Waals surface area contributed by atoms with E-state index >= 15 is 0 Å². The first-order valence-electron chi connectivity index (χ1n) is 5.70. The number of benzene rings is 1. The fourth-order valence-corrected chi connectivity index (χ4v) is 2.09. The molecule has 0 aromatic heterocycles. The molecule has 0 aliphatic carbocycles. The van der Waals surface area contributed by atoms with E-state index in [1.165, 1.54) is 12.0 Å². The van der Waals surface area contributed by atoms with Crippen LogP contribution >= 0.6 is 15.9 Å². The van der Waals surface area contributed by atoms with Crippen LogP contribution in [-0.2, 0) is 9.53 Å². The molecule has 20 heavy (non-hydrogen) atoms. The molecular weight excluding hydrogens is 335 g/mol. The molecule has 1 rings (SSSR count). The summed E-state index contributed by atoms with van der Waals surface area (Å²) in [6, 6.07) is 2.16. The number of hydrogen-bond donors (Lipinski definition) is 0. The molecule has 0 amide bonds. The van der Waals surface area contributed by atoms with Crippen LogP contribution < -0.4 is 4.90 Å². The number of nitro groups is 1. The van der Waals surface area contributed by atoms with Crippen molar-refractivity contribution in [1.29, 1.82) is 0 Å². The lowest BCUT2D eigenvalue weighted by atomic mass is 10.1. The molecule has 0 saturated carbocycles. The van der Waals surface area contributed by atoms with Gasteiger partial charge >= 0.3 is 5.97 Å². The molecule has 1 aromatic carbocycles. The van der Waals surface area contributed by atoms with Gasteiger partial charge in [-0.25, -0.2) is 4.39 Å². The molecule has 0 N–H and O–H groups in total. The van der Waals surface area contributed by atoms with Crippen molar-refractivity contribution in [2.24, 2.45) is 5.92 Å². The van der Waals surface area contributed by atoms with Crippen LogP contribution in [0.1, 0.15) is 6.92 Å². The van der Waals surface area contributed by atoms with Gasteiger partial charge in [0.2, 0.25) is 0 Å². The Morgan fingerprint density at radius 3 is 2.70 bits per heavy atom. The topological polar surface area (TPSA) is 72.7 Å². The number of esters is 1. The second kappa shape index (κ2) is 6.65. The molecule has 6 nitrogen and oxygen atoms in total. The van der Waals surface area contributed by atoms with Crippen molar-refractivity contribution in [3.63, 3.8) is 0 Å². The summed E-state index contributed by atoms with van der Waals surface area (Å²) in [5.74, 6) is -1.53. The molecule has 0 spiro atoms. The van der Waals surface area contributed by atoms with Gasteiger partial charge in [0.05, 0.1) is 22.4 Å². The third-order valence-corrected chi connectivity index (χ3v) is 3.38. The van der Waals surface area contributed by atoms with E-state index in [4.69, 9.17) is 0 Å². The Morgan fingerprint density at radius 2 is 2.20 bits per heavy atom. The quantitative estimate of drug-likeness (QED) is 0.464. The molecule has 0 saturated heterocycles. The van der Waals surface area contributed by atoms with E-state index in [1.807, 2.05) is 0 Å². The van der Waals surface area contributed by atoms with Gasteiger partial charge in [-0.05, 0) is 15.9 Å². The Morgan fingerprint density at radius 1 is 1.60 bits per heavy atom. The van der Waals surface area contributed by atoms with E-state index in [2.05, 4.69) is 20.7 Å². The van der Waals surface area contributed by atoms with E-state index in [-0.39, 0.29) is 22.4 Å². The number of rotatable bonds is 5. The highest BCUT2D eigenvalue weighted by Crippen LogP contribution is 2.33. The van der Waals surface area contributed by atoms with Crippen molar-refractivity contribution in [2.75, 3.05) is 25.6 Å². The van der Waals surface area contributed by atoms with Crippen LogP contribution in [0, 0.1) is 21.8 Å². The average molecular weight is 349 g/mol. The Balaban J connectivity index is 3.08. The van der Waals surface area contributed by atoms with E-state index in [0.29, 0.717) is 0 Å². The Labute approximate surface area is 123 Å². The molecule has 110 valence electrons. The van der Waals surface area contributed by atoms with Gasteiger partial charge in [-0.2, -0.15) is 0 Å². The summed E-state index contributed by atoms with van der Waals surface area (Å²) in [5, 5.41) is 11.0. The number of methoxy groups -OCH3 is 1. The first-order chi connectivity index (χ1) is 9.27. The lowest BCUT2D eigenvalue weighted by Gasteiger charge is -2.22. The molecule has 1 aromatic rings. The minimum absolute atomic E-state index is 0.0161. The summed E-state index contributed by atoms with van der Waals surface area (Å²) in [6.45, 7) is 1.80. The molecule has 0 radical (unpaired) electrons. The molecular formula is C12H14BrFN2O4. The number of hydrogen-bond acceptors (Lipinski definition) is 5. The van der Waals surface area contributed by atoms with Crippen LogP contribution in [0.25, 0.3) is 0 Å². The summed E-state index contributed by atoms with van der Waals surface area (Å²) >= 11 is 2.91. The minimum Gasteiger partial charge on any atom is -0.469 e. The molecule has 8 heteroatoms.